The van der Waals surface area contributed by atoms with E-state index in [9.17, 15) is 18.4 Å². The Morgan fingerprint density at radius 2 is 2.12 bits per heavy atom. The van der Waals surface area contributed by atoms with Gasteiger partial charge < -0.3 is 14.8 Å². The van der Waals surface area contributed by atoms with Crippen LogP contribution in [0.2, 0.25) is 0 Å². The highest BCUT2D eigenvalue weighted by molar-refractivity contribution is 7.13. The first-order valence-electron chi connectivity index (χ1n) is 11.5. The van der Waals surface area contributed by atoms with E-state index in [4.69, 9.17) is 9.47 Å². The molecule has 1 saturated carbocycles. The molecule has 0 spiro atoms. The number of hydrogen-bond donors (Lipinski definition) is 1. The molecule has 7 nitrogen and oxygen atoms in total. The molecule has 0 bridgehead atoms. The van der Waals surface area contributed by atoms with Gasteiger partial charge in [-0.15, -0.1) is 0 Å². The van der Waals surface area contributed by atoms with Crippen molar-refractivity contribution in [3.05, 3.63) is 10.6 Å². The summed E-state index contributed by atoms with van der Waals surface area (Å²) in [5.41, 5.74) is 0.809. The van der Waals surface area contributed by atoms with Gasteiger partial charge in [0.15, 0.2) is 12.8 Å². The molecule has 1 unspecified atom stereocenters. The van der Waals surface area contributed by atoms with Crippen molar-refractivity contribution in [2.24, 2.45) is 5.92 Å². The Balaban J connectivity index is 1.49. The predicted molar refractivity (Wildman–Crippen MR) is 117 cm³/mol. The molecule has 3 rings (SSSR count). The number of hydrogen-bond acceptors (Lipinski definition) is 7. The number of aromatic nitrogens is 1. The predicted octanol–water partition coefficient (Wildman–Crippen LogP) is 3.90. The number of ether oxygens (including phenoxy) is 2. The number of carbonyl (C=O) groups is 2. The van der Waals surface area contributed by atoms with Crippen molar-refractivity contribution < 1.29 is 27.8 Å². The molecular weight excluding hydrogens is 440 g/mol. The summed E-state index contributed by atoms with van der Waals surface area (Å²) in [7, 11) is 0. The van der Waals surface area contributed by atoms with E-state index >= 15 is 0 Å². The van der Waals surface area contributed by atoms with Gasteiger partial charge >= 0.3 is 0 Å². The zero-order valence-corrected chi connectivity index (χ0v) is 19.4. The number of alkyl halides is 2. The van der Waals surface area contributed by atoms with Gasteiger partial charge in [0, 0.05) is 36.9 Å². The third-order valence-electron chi connectivity index (χ3n) is 6.19. The lowest BCUT2D eigenvalue weighted by atomic mass is 9.83. The Morgan fingerprint density at radius 3 is 2.81 bits per heavy atom. The largest absolute Gasteiger partial charge is 0.464 e. The lowest BCUT2D eigenvalue weighted by Crippen LogP contribution is -2.43. The van der Waals surface area contributed by atoms with E-state index in [1.54, 1.807) is 0 Å². The average molecular weight is 474 g/mol. The fourth-order valence-corrected chi connectivity index (χ4v) is 5.37. The van der Waals surface area contributed by atoms with Crippen LogP contribution in [0.15, 0.2) is 0 Å². The molecule has 1 N–H and O–H groups in total. The molecule has 1 amide bonds. The van der Waals surface area contributed by atoms with Gasteiger partial charge in [-0.3, -0.25) is 14.5 Å². The summed E-state index contributed by atoms with van der Waals surface area (Å²) in [4.78, 5) is 30.6. The van der Waals surface area contributed by atoms with E-state index in [-0.39, 0.29) is 23.4 Å². The van der Waals surface area contributed by atoms with Crippen molar-refractivity contribution in [1.82, 2.24) is 15.2 Å². The number of nitrogens with zero attached hydrogens (tertiary/aromatic N) is 2. The minimum absolute atomic E-state index is 0.141. The highest BCUT2D eigenvalue weighted by atomic mass is 32.1. The third kappa shape index (κ3) is 7.37. The Morgan fingerprint density at radius 1 is 1.34 bits per heavy atom. The number of amides is 1. The summed E-state index contributed by atoms with van der Waals surface area (Å²) in [6.45, 7) is 3.14. The number of nitrogens with one attached hydrogen (secondary N) is 1. The number of thiazole rings is 1. The van der Waals surface area contributed by atoms with E-state index in [1.807, 2.05) is 0 Å². The second kappa shape index (κ2) is 12.4. The van der Waals surface area contributed by atoms with Crippen molar-refractivity contribution in [2.75, 3.05) is 13.2 Å². The van der Waals surface area contributed by atoms with Crippen LogP contribution in [0, 0.1) is 5.92 Å². The van der Waals surface area contributed by atoms with Crippen LogP contribution in [0.3, 0.4) is 0 Å². The standard InChI is InChI=1S/C22H33F2N3O4S/c1-2-3-4-20(29)25-16-7-5-15(6-8-16)11-21(31-14-28)27-10-9-18-17(12-27)26-22(32-18)30-13-19(23)24/h14-16,19,21H,2-13H2,1H3,(H,25,29)/t15-,16-,21?. The molecular formula is C22H33F2N3O4S. The lowest BCUT2D eigenvalue weighted by molar-refractivity contribution is -0.147. The Hall–Kier alpha value is -1.81. The van der Waals surface area contributed by atoms with Crippen LogP contribution in [-0.2, 0) is 27.3 Å². The van der Waals surface area contributed by atoms with Gasteiger partial charge in [0.2, 0.25) is 5.91 Å². The highest BCUT2D eigenvalue weighted by Crippen LogP contribution is 2.34. The molecule has 0 aromatic carbocycles. The molecule has 0 saturated heterocycles. The minimum Gasteiger partial charge on any atom is -0.464 e. The lowest BCUT2D eigenvalue weighted by Gasteiger charge is -2.36. The number of fused-ring (bicyclic) bond motifs is 1. The normalized spacial score (nSPS) is 22.2. The molecule has 1 fully saturated rings. The van der Waals surface area contributed by atoms with Gasteiger partial charge in [-0.05, 0) is 44.4 Å². The van der Waals surface area contributed by atoms with Gasteiger partial charge in [-0.1, -0.05) is 24.7 Å². The van der Waals surface area contributed by atoms with Crippen LogP contribution >= 0.6 is 11.3 Å². The summed E-state index contributed by atoms with van der Waals surface area (Å²) in [6.07, 6.45) is 4.97. The van der Waals surface area contributed by atoms with Crippen LogP contribution in [0.5, 0.6) is 5.19 Å². The fraction of sp³-hybridized carbons (Fsp3) is 0.773. The Bertz CT molecular complexity index is 741. The van der Waals surface area contributed by atoms with Crippen LogP contribution < -0.4 is 10.1 Å². The minimum atomic E-state index is -2.53. The van der Waals surface area contributed by atoms with E-state index in [0.717, 1.165) is 61.9 Å². The van der Waals surface area contributed by atoms with Crippen molar-refractivity contribution in [3.63, 3.8) is 0 Å². The quantitative estimate of drug-likeness (QED) is 0.464. The molecule has 2 aliphatic rings. The van der Waals surface area contributed by atoms with E-state index in [0.29, 0.717) is 31.9 Å². The van der Waals surface area contributed by atoms with Gasteiger partial charge in [0.05, 0.1) is 5.69 Å². The molecule has 1 aliphatic heterocycles. The van der Waals surface area contributed by atoms with Crippen LogP contribution in [-0.4, -0.2) is 54.1 Å². The van der Waals surface area contributed by atoms with Gasteiger partial charge in [0.1, 0.15) is 0 Å². The van der Waals surface area contributed by atoms with Crippen LogP contribution in [0.25, 0.3) is 0 Å². The maximum absolute atomic E-state index is 12.4. The molecule has 180 valence electrons. The summed E-state index contributed by atoms with van der Waals surface area (Å²) in [6, 6.07) is 0.236. The zero-order valence-electron chi connectivity index (χ0n) is 18.6. The van der Waals surface area contributed by atoms with E-state index < -0.39 is 13.0 Å². The van der Waals surface area contributed by atoms with Crippen LogP contribution in [0.4, 0.5) is 8.78 Å². The first kappa shape index (κ1) is 24.8. The Kier molecular flexibility index (Phi) is 9.65. The molecule has 2 heterocycles. The summed E-state index contributed by atoms with van der Waals surface area (Å²) in [5.74, 6) is 0.562. The topological polar surface area (TPSA) is 80.8 Å². The fourth-order valence-electron chi connectivity index (χ4n) is 4.46. The number of unbranched alkanes of at least 4 members (excludes halogenated alkanes) is 1. The molecule has 1 aliphatic carbocycles. The number of halogens is 2. The van der Waals surface area contributed by atoms with Crippen molar-refractivity contribution in [2.45, 2.75) is 90.0 Å². The monoisotopic (exact) mass is 473 g/mol. The maximum atomic E-state index is 12.4. The molecule has 0 radical (unpaired) electrons. The summed E-state index contributed by atoms with van der Waals surface area (Å²) >= 11 is 1.31. The van der Waals surface area contributed by atoms with Gasteiger partial charge in [-0.25, -0.2) is 13.8 Å². The number of carbonyl (C=O) groups excluding carboxylic acids is 2. The summed E-state index contributed by atoms with van der Waals surface area (Å²) in [5, 5.41) is 3.41. The smallest absolute Gasteiger partial charge is 0.294 e. The second-order valence-electron chi connectivity index (χ2n) is 8.58. The van der Waals surface area contributed by atoms with Crippen molar-refractivity contribution >= 4 is 23.7 Å². The highest BCUT2D eigenvalue weighted by Gasteiger charge is 2.31. The van der Waals surface area contributed by atoms with Crippen LogP contribution in [0.1, 0.15) is 68.9 Å². The molecule has 1 atom stereocenters. The maximum Gasteiger partial charge on any atom is 0.294 e. The number of rotatable bonds is 12. The first-order valence-corrected chi connectivity index (χ1v) is 12.3. The first-order chi connectivity index (χ1) is 15.5. The zero-order chi connectivity index (χ0) is 22.9. The van der Waals surface area contributed by atoms with Crippen molar-refractivity contribution in [3.8, 4) is 5.19 Å². The third-order valence-corrected chi connectivity index (χ3v) is 7.26. The SMILES string of the molecule is CCCCC(=O)N[C@H]1CC[C@H](CC(OC=O)N2CCc3sc(OCC(F)F)nc3C2)CC1. The van der Waals surface area contributed by atoms with Gasteiger partial charge in [-0.2, -0.15) is 0 Å². The van der Waals surface area contributed by atoms with E-state index in [1.165, 1.54) is 11.3 Å². The van der Waals surface area contributed by atoms with E-state index in [2.05, 4.69) is 22.1 Å². The second-order valence-corrected chi connectivity index (χ2v) is 9.63. The molecule has 32 heavy (non-hydrogen) atoms. The Labute approximate surface area is 191 Å². The summed E-state index contributed by atoms with van der Waals surface area (Å²) < 4.78 is 35.3. The molecule has 1 aromatic rings. The van der Waals surface area contributed by atoms with Crippen molar-refractivity contribution in [1.29, 1.82) is 0 Å². The average Bonchev–Trinajstić information content (AvgIpc) is 3.19. The van der Waals surface area contributed by atoms with Gasteiger partial charge in [0.25, 0.3) is 18.1 Å². The molecule has 1 aromatic heterocycles. The molecule has 10 heteroatoms.